The zero-order valence-corrected chi connectivity index (χ0v) is 14.5. The van der Waals surface area contributed by atoms with Crippen LogP contribution in [0.15, 0.2) is 40.5 Å². The Morgan fingerprint density at radius 1 is 1.50 bits per heavy atom. The number of aliphatic imine (C=N–C) groups is 1. The number of rotatable bonds is 7. The van der Waals surface area contributed by atoms with Crippen LogP contribution < -0.4 is 10.6 Å². The number of piperidine rings is 1. The molecule has 24 heavy (non-hydrogen) atoms. The van der Waals surface area contributed by atoms with Crippen molar-refractivity contribution >= 4 is 11.9 Å². The molecule has 1 aliphatic heterocycles. The standard InChI is InChI=1S/C18H28N4O2/c1-3-9-20-18(21-10-6-16-5-4-13-24-16)22-11-7-15(8-12-22)14-17(23)19-2/h3-5,13,15H,1,6-12,14H2,2H3,(H,19,23)(H,20,21). The molecule has 0 saturated carbocycles. The molecular formula is C18H28N4O2. The van der Waals surface area contributed by atoms with E-state index >= 15 is 0 Å². The average molecular weight is 332 g/mol. The monoisotopic (exact) mass is 332 g/mol. The third-order valence-corrected chi connectivity index (χ3v) is 4.27. The summed E-state index contributed by atoms with van der Waals surface area (Å²) in [4.78, 5) is 18.5. The van der Waals surface area contributed by atoms with E-state index in [-0.39, 0.29) is 5.91 Å². The molecule has 1 aromatic rings. The smallest absolute Gasteiger partial charge is 0.220 e. The van der Waals surface area contributed by atoms with Gasteiger partial charge in [-0.1, -0.05) is 6.08 Å². The van der Waals surface area contributed by atoms with Gasteiger partial charge in [0.05, 0.1) is 6.26 Å². The van der Waals surface area contributed by atoms with E-state index in [2.05, 4.69) is 22.1 Å². The number of nitrogens with zero attached hydrogens (tertiary/aromatic N) is 2. The maximum atomic E-state index is 11.5. The Labute approximate surface area is 144 Å². The number of carbonyl (C=O) groups is 1. The quantitative estimate of drug-likeness (QED) is 0.454. The molecule has 1 aliphatic rings. The topological polar surface area (TPSA) is 69.9 Å². The van der Waals surface area contributed by atoms with Crippen molar-refractivity contribution in [1.82, 2.24) is 15.5 Å². The fourth-order valence-electron chi connectivity index (χ4n) is 2.87. The maximum Gasteiger partial charge on any atom is 0.220 e. The Hall–Kier alpha value is -2.24. The van der Waals surface area contributed by atoms with Crippen LogP contribution in [0.1, 0.15) is 25.0 Å². The number of furan rings is 1. The fourth-order valence-corrected chi connectivity index (χ4v) is 2.87. The second-order valence-corrected chi connectivity index (χ2v) is 6.01. The van der Waals surface area contributed by atoms with Crippen molar-refractivity contribution in [3.63, 3.8) is 0 Å². The molecule has 2 rings (SSSR count). The first-order valence-electron chi connectivity index (χ1n) is 8.60. The second kappa shape index (κ2) is 9.80. The molecule has 0 spiro atoms. The van der Waals surface area contributed by atoms with Crippen molar-refractivity contribution < 1.29 is 9.21 Å². The van der Waals surface area contributed by atoms with Crippen LogP contribution in [-0.4, -0.2) is 50.0 Å². The zero-order valence-electron chi connectivity index (χ0n) is 14.5. The highest BCUT2D eigenvalue weighted by Gasteiger charge is 2.23. The van der Waals surface area contributed by atoms with Gasteiger partial charge in [-0.05, 0) is 30.9 Å². The number of hydrogen-bond donors (Lipinski definition) is 2. The van der Waals surface area contributed by atoms with Crippen LogP contribution in [0.2, 0.25) is 0 Å². The molecule has 132 valence electrons. The van der Waals surface area contributed by atoms with E-state index in [1.807, 2.05) is 18.2 Å². The molecule has 2 N–H and O–H groups in total. The van der Waals surface area contributed by atoms with Gasteiger partial charge in [-0.2, -0.15) is 0 Å². The van der Waals surface area contributed by atoms with E-state index in [9.17, 15) is 4.79 Å². The van der Waals surface area contributed by atoms with Crippen LogP contribution in [0.5, 0.6) is 0 Å². The molecule has 0 unspecified atom stereocenters. The number of carbonyl (C=O) groups excluding carboxylic acids is 1. The molecule has 1 aromatic heterocycles. The lowest BCUT2D eigenvalue weighted by Gasteiger charge is -2.34. The lowest BCUT2D eigenvalue weighted by Crippen LogP contribution is -2.46. The van der Waals surface area contributed by atoms with E-state index in [0.717, 1.165) is 44.1 Å². The summed E-state index contributed by atoms with van der Waals surface area (Å²) in [6.45, 7) is 6.98. The first-order chi connectivity index (χ1) is 11.7. The predicted molar refractivity (Wildman–Crippen MR) is 95.9 cm³/mol. The van der Waals surface area contributed by atoms with E-state index < -0.39 is 0 Å². The minimum Gasteiger partial charge on any atom is -0.469 e. The van der Waals surface area contributed by atoms with Crippen LogP contribution in [0.4, 0.5) is 0 Å². The molecular weight excluding hydrogens is 304 g/mol. The fraction of sp³-hybridized carbons (Fsp3) is 0.556. The van der Waals surface area contributed by atoms with Crippen molar-refractivity contribution in [3.8, 4) is 0 Å². The van der Waals surface area contributed by atoms with Gasteiger partial charge in [-0.25, -0.2) is 0 Å². The largest absolute Gasteiger partial charge is 0.469 e. The molecule has 0 aromatic carbocycles. The Bertz CT molecular complexity index is 531. The van der Waals surface area contributed by atoms with Crippen LogP contribution in [-0.2, 0) is 11.2 Å². The molecule has 2 heterocycles. The summed E-state index contributed by atoms with van der Waals surface area (Å²) in [7, 11) is 1.69. The van der Waals surface area contributed by atoms with Crippen molar-refractivity contribution in [1.29, 1.82) is 0 Å². The third kappa shape index (κ3) is 5.76. The highest BCUT2D eigenvalue weighted by molar-refractivity contribution is 5.80. The van der Waals surface area contributed by atoms with Crippen LogP contribution in [0, 0.1) is 5.92 Å². The van der Waals surface area contributed by atoms with Gasteiger partial charge in [-0.15, -0.1) is 6.58 Å². The van der Waals surface area contributed by atoms with E-state index in [4.69, 9.17) is 9.41 Å². The summed E-state index contributed by atoms with van der Waals surface area (Å²) in [5.74, 6) is 2.46. The average Bonchev–Trinajstić information content (AvgIpc) is 3.12. The minimum atomic E-state index is 0.130. The van der Waals surface area contributed by atoms with Crippen molar-refractivity contribution in [2.45, 2.75) is 25.7 Å². The first-order valence-corrected chi connectivity index (χ1v) is 8.60. The van der Waals surface area contributed by atoms with Crippen LogP contribution in [0.25, 0.3) is 0 Å². The number of guanidine groups is 1. The molecule has 1 saturated heterocycles. The lowest BCUT2D eigenvalue weighted by atomic mass is 9.93. The number of nitrogens with one attached hydrogen (secondary N) is 2. The van der Waals surface area contributed by atoms with Gasteiger partial charge in [-0.3, -0.25) is 9.79 Å². The molecule has 0 radical (unpaired) electrons. The van der Waals surface area contributed by atoms with Gasteiger partial charge in [0.15, 0.2) is 5.96 Å². The Morgan fingerprint density at radius 3 is 2.92 bits per heavy atom. The van der Waals surface area contributed by atoms with Crippen LogP contribution >= 0.6 is 0 Å². The molecule has 0 atom stereocenters. The summed E-state index contributed by atoms with van der Waals surface area (Å²) >= 11 is 0. The van der Waals surface area contributed by atoms with E-state index in [1.165, 1.54) is 0 Å². The summed E-state index contributed by atoms with van der Waals surface area (Å²) in [6.07, 6.45) is 6.96. The van der Waals surface area contributed by atoms with Crippen LogP contribution in [0.3, 0.4) is 0 Å². The number of likely N-dealkylation sites (tertiary alicyclic amines) is 1. The van der Waals surface area contributed by atoms with Gasteiger partial charge in [0.25, 0.3) is 0 Å². The summed E-state index contributed by atoms with van der Waals surface area (Å²) in [5.41, 5.74) is 0. The van der Waals surface area contributed by atoms with Gasteiger partial charge >= 0.3 is 0 Å². The maximum absolute atomic E-state index is 11.5. The van der Waals surface area contributed by atoms with Gasteiger partial charge in [0.1, 0.15) is 5.76 Å². The van der Waals surface area contributed by atoms with Gasteiger partial charge in [0.2, 0.25) is 5.91 Å². The highest BCUT2D eigenvalue weighted by Crippen LogP contribution is 2.20. The summed E-state index contributed by atoms with van der Waals surface area (Å²) in [5, 5.41) is 6.04. The molecule has 6 heteroatoms. The molecule has 0 aliphatic carbocycles. The second-order valence-electron chi connectivity index (χ2n) is 6.01. The minimum absolute atomic E-state index is 0.130. The third-order valence-electron chi connectivity index (χ3n) is 4.27. The van der Waals surface area contributed by atoms with E-state index in [1.54, 1.807) is 13.3 Å². The first kappa shape index (κ1) is 18.1. The zero-order chi connectivity index (χ0) is 17.2. The normalized spacial score (nSPS) is 16.0. The summed E-state index contributed by atoms with van der Waals surface area (Å²) < 4.78 is 5.35. The Morgan fingerprint density at radius 2 is 2.29 bits per heavy atom. The van der Waals surface area contributed by atoms with Gasteiger partial charge < -0.3 is 20.0 Å². The van der Waals surface area contributed by atoms with Crippen molar-refractivity contribution in [2.24, 2.45) is 10.9 Å². The molecule has 0 bridgehead atoms. The number of hydrogen-bond acceptors (Lipinski definition) is 3. The SMILES string of the molecule is C=CCNC(=NCCc1ccco1)N1CCC(CC(=O)NC)CC1. The van der Waals surface area contributed by atoms with Crippen molar-refractivity contribution in [3.05, 3.63) is 36.8 Å². The lowest BCUT2D eigenvalue weighted by molar-refractivity contribution is -0.121. The molecule has 1 fully saturated rings. The van der Waals surface area contributed by atoms with E-state index in [0.29, 0.717) is 25.4 Å². The van der Waals surface area contributed by atoms with Crippen molar-refractivity contribution in [2.75, 3.05) is 33.2 Å². The Balaban J connectivity index is 1.85. The number of amides is 1. The molecule has 1 amide bonds. The highest BCUT2D eigenvalue weighted by atomic mass is 16.3. The Kier molecular flexibility index (Phi) is 7.39. The summed E-state index contributed by atoms with van der Waals surface area (Å²) in [6, 6.07) is 3.86. The van der Waals surface area contributed by atoms with Gasteiger partial charge in [0, 0.05) is 46.1 Å². The predicted octanol–water partition coefficient (Wildman–Crippen LogP) is 1.80. The molecule has 6 nitrogen and oxygen atoms in total.